The summed E-state index contributed by atoms with van der Waals surface area (Å²) >= 11 is 20.3. The minimum absolute atomic E-state index is 0.0172. The molecule has 18 rings (SSSR count). The van der Waals surface area contributed by atoms with E-state index in [0.717, 1.165) is 55.9 Å². The van der Waals surface area contributed by atoms with Crippen molar-refractivity contribution in [2.75, 3.05) is 152 Å². The summed E-state index contributed by atoms with van der Waals surface area (Å²) in [6, 6.07) is 12.4. The summed E-state index contributed by atoms with van der Waals surface area (Å²) in [5.74, 6) is -6.28. The van der Waals surface area contributed by atoms with Crippen molar-refractivity contribution >= 4 is 103 Å². The topological polar surface area (TPSA) is 213 Å². The molecule has 0 radical (unpaired) electrons. The second kappa shape index (κ2) is 33.0. The Kier molecular flexibility index (Phi) is 22.8. The molecule has 24 nitrogen and oxygen atoms in total. The lowest BCUT2D eigenvalue weighted by atomic mass is 9.99. The molecule has 630 valence electrons. The maximum absolute atomic E-state index is 15.0. The van der Waals surface area contributed by atoms with Crippen molar-refractivity contribution in [3.05, 3.63) is 192 Å². The summed E-state index contributed by atoms with van der Waals surface area (Å²) in [6.07, 6.45) is 4.01. The fraction of sp³-hybridized carbons (Fsp3) is 0.393. The molecular formula is C84H81Cl3F9N15O9. The van der Waals surface area contributed by atoms with Gasteiger partial charge in [0.05, 0.1) is 62.8 Å². The molecule has 3 unspecified atom stereocenters. The van der Waals surface area contributed by atoms with E-state index in [2.05, 4.69) is 39.6 Å². The predicted octanol–water partition coefficient (Wildman–Crippen LogP) is 11.8. The van der Waals surface area contributed by atoms with Crippen molar-refractivity contribution in [3.8, 4) is 50.6 Å². The average molecular weight is 1720 g/mol. The van der Waals surface area contributed by atoms with Gasteiger partial charge in [-0.2, -0.15) is 15.0 Å². The molecule has 3 aromatic heterocycles. The van der Waals surface area contributed by atoms with Gasteiger partial charge in [0.25, 0.3) is 5.92 Å². The predicted molar refractivity (Wildman–Crippen MR) is 437 cm³/mol. The number of hydrogen-bond acceptors (Lipinski definition) is 18. The summed E-state index contributed by atoms with van der Waals surface area (Å²) in [5, 5.41) is 2.02. The van der Waals surface area contributed by atoms with Crippen LogP contribution in [0.4, 0.5) is 57.0 Å². The van der Waals surface area contributed by atoms with Gasteiger partial charge in [-0.1, -0.05) is 54.5 Å². The van der Waals surface area contributed by atoms with Crippen molar-refractivity contribution in [2.24, 2.45) is 0 Å². The van der Waals surface area contributed by atoms with Gasteiger partial charge in [0.15, 0.2) is 17.2 Å². The van der Waals surface area contributed by atoms with Crippen molar-refractivity contribution < 1.29 is 68.1 Å². The highest BCUT2D eigenvalue weighted by Gasteiger charge is 2.47. The summed E-state index contributed by atoms with van der Waals surface area (Å²) in [7, 11) is 0. The fourth-order valence-corrected chi connectivity index (χ4v) is 18.6. The van der Waals surface area contributed by atoms with Gasteiger partial charge >= 0.3 is 17.1 Å². The van der Waals surface area contributed by atoms with E-state index >= 15 is 0 Å². The van der Waals surface area contributed by atoms with E-state index < -0.39 is 89.2 Å². The summed E-state index contributed by atoms with van der Waals surface area (Å²) in [5.41, 5.74) is 0.306. The largest absolute Gasteiger partial charge is 0.488 e. The first kappa shape index (κ1) is 83.0. The first-order valence-corrected chi connectivity index (χ1v) is 40.4. The van der Waals surface area contributed by atoms with Crippen LogP contribution in [-0.2, 0) is 14.4 Å². The number of rotatable bonds is 15. The van der Waals surface area contributed by atoms with Crippen molar-refractivity contribution in [3.63, 3.8) is 0 Å². The van der Waals surface area contributed by atoms with Gasteiger partial charge in [0.1, 0.15) is 78.3 Å². The Bertz CT molecular complexity index is 5910. The van der Waals surface area contributed by atoms with Crippen LogP contribution in [0.5, 0.6) is 17.2 Å². The number of ether oxygens (including phenoxy) is 3. The van der Waals surface area contributed by atoms with Gasteiger partial charge in [0, 0.05) is 177 Å². The summed E-state index contributed by atoms with van der Waals surface area (Å²) in [6.45, 7) is 22.9. The van der Waals surface area contributed by atoms with E-state index in [0.29, 0.717) is 122 Å². The Hall–Kier alpha value is -10.7. The van der Waals surface area contributed by atoms with Crippen molar-refractivity contribution in [2.45, 2.75) is 75.5 Å². The molecule has 9 aliphatic heterocycles. The Labute approximate surface area is 695 Å². The fourth-order valence-electron chi connectivity index (χ4n) is 17.7. The van der Waals surface area contributed by atoms with Gasteiger partial charge in [-0.15, -0.1) is 0 Å². The number of nitrogens with zero attached hydrogens (tertiary/aromatic N) is 15. The molecule has 120 heavy (non-hydrogen) atoms. The lowest BCUT2D eigenvalue weighted by Gasteiger charge is -2.42. The molecular weight excluding hydrogens is 1640 g/mol. The summed E-state index contributed by atoms with van der Waals surface area (Å²) < 4.78 is 150. The highest BCUT2D eigenvalue weighted by Crippen LogP contribution is 2.52. The zero-order valence-corrected chi connectivity index (χ0v) is 67.6. The van der Waals surface area contributed by atoms with E-state index in [1.165, 1.54) is 50.5 Å². The third kappa shape index (κ3) is 15.4. The molecule has 0 spiro atoms. The molecule has 9 aliphatic rings. The van der Waals surface area contributed by atoms with Crippen LogP contribution >= 0.6 is 34.8 Å². The SMILES string of the molecule is C=CC(=O)N1CCN(c2nc(=O)n3c4c(c(-c5ccc(F)cc5F)c(Cl)cc24)OCC3CN2CC(F)(F)C2)[C@@H](C)C1.C=CC(=O)N1CCN(c2nc(=O)n3c4c(c(-c5ccc(F)cc5F)c(Cl)cc24)OCC3CN2CC(F)C2)[C@@H](C)C1.C=CC(=O)N1CCN(c2nc(=O)n3c4c(c(-c5ccc(F)cc5F)c(Cl)cc24)OCC3CN2CCC2)[C@@H](C)C1. The van der Waals surface area contributed by atoms with Gasteiger partial charge < -0.3 is 48.5 Å². The molecule has 0 aliphatic carbocycles. The third-order valence-electron chi connectivity index (χ3n) is 23.6. The van der Waals surface area contributed by atoms with Gasteiger partial charge in [-0.25, -0.2) is 53.9 Å². The Morgan fingerprint density at radius 2 is 0.758 bits per heavy atom. The first-order valence-electron chi connectivity index (χ1n) is 39.2. The van der Waals surface area contributed by atoms with Crippen LogP contribution in [0.3, 0.4) is 0 Å². The minimum atomic E-state index is -2.79. The molecule has 9 aromatic rings. The summed E-state index contributed by atoms with van der Waals surface area (Å²) in [4.78, 5) is 108. The number of piperazine rings is 3. The smallest absolute Gasteiger partial charge is 0.350 e. The van der Waals surface area contributed by atoms with Crippen LogP contribution in [0, 0.1) is 34.9 Å². The number of amides is 3. The van der Waals surface area contributed by atoms with Crippen LogP contribution in [0.2, 0.25) is 15.1 Å². The number of likely N-dealkylation sites (tertiary alicyclic amines) is 3. The van der Waals surface area contributed by atoms with E-state index in [4.69, 9.17) is 49.0 Å². The quantitative estimate of drug-likeness (QED) is 0.0689. The lowest BCUT2D eigenvalue weighted by molar-refractivity contribution is -0.134. The maximum Gasteiger partial charge on any atom is 0.350 e. The zero-order valence-electron chi connectivity index (χ0n) is 65.3. The van der Waals surface area contributed by atoms with Crippen LogP contribution < -0.4 is 46.0 Å². The standard InChI is InChI=1S/C28H26ClF4N5O3.C28H27ClF3N5O3.C28H28ClF2N5O3/c1-3-22(39)36-6-7-37(15(2)10-36)26-19-9-20(29)23(18-5-4-16(30)8-21(18)31)25-24(19)38(27(40)34-26)17(12-41-25)11-35-13-28(32,33)14-35;1-3-23(38)35-6-7-36(15(2)10-35)27-20-9-21(29)24(19-5-4-16(30)8-22(19)32)26-25(20)37(28(39)33-27)18(14-40-26)13-34-11-17(31)12-34;1-3-23(37)34-9-10-35(16(2)13-34)27-20-12-21(29)24(19-6-5-17(30)11-22(19)31)26-25(20)36(28(38)32-27)18(15-39-26)14-33-7-4-8-33/h3-5,8-9,15,17H,1,6-7,10-14H2,2H3;3-5,8-9,15,17-18H,1,6-7,10-14H2,2H3;3,5-6,11-12,16,18H,1,4,7-10,13-15H2,2H3/t15-,17?;15-,18?;16-,18?/m000/s1. The molecule has 36 heteroatoms. The lowest BCUT2D eigenvalue weighted by Crippen LogP contribution is -2.58. The monoisotopic (exact) mass is 1720 g/mol. The third-order valence-corrected chi connectivity index (χ3v) is 24.5. The molecule has 12 heterocycles. The van der Waals surface area contributed by atoms with Gasteiger partial charge in [-0.05, 0) is 113 Å². The molecule has 6 atom stereocenters. The molecule has 6 aromatic carbocycles. The Morgan fingerprint density at radius 3 is 1.02 bits per heavy atom. The number of halogens is 12. The zero-order chi connectivity index (χ0) is 84.9. The normalized spacial score (nSPS) is 21.4. The van der Waals surface area contributed by atoms with Gasteiger partial charge in [-0.3, -0.25) is 37.9 Å². The highest BCUT2D eigenvalue weighted by atomic mass is 35.5. The molecule has 0 saturated carbocycles. The van der Waals surface area contributed by atoms with E-state index in [-0.39, 0.29) is 147 Å². The number of alkyl halides is 3. The van der Waals surface area contributed by atoms with Crippen LogP contribution in [0.1, 0.15) is 45.3 Å². The first-order chi connectivity index (χ1) is 57.4. The van der Waals surface area contributed by atoms with E-state index in [9.17, 15) is 68.3 Å². The number of anilines is 3. The number of benzene rings is 6. The van der Waals surface area contributed by atoms with Crippen LogP contribution in [0.25, 0.3) is 66.1 Å². The average Bonchev–Trinajstić information content (AvgIpc) is 0.727. The van der Waals surface area contributed by atoms with Crippen molar-refractivity contribution in [1.82, 2.24) is 58.1 Å². The molecule has 3 amide bonds. The second-order valence-electron chi connectivity index (χ2n) is 31.5. The Balaban J connectivity index is 0.000000134. The molecule has 6 fully saturated rings. The van der Waals surface area contributed by atoms with Crippen LogP contribution in [0.15, 0.2) is 125 Å². The molecule has 0 bridgehead atoms. The van der Waals surface area contributed by atoms with Gasteiger partial charge in [0.2, 0.25) is 17.7 Å². The van der Waals surface area contributed by atoms with Crippen LogP contribution in [-0.4, -0.2) is 244 Å². The second-order valence-corrected chi connectivity index (χ2v) is 32.7. The molecule has 6 saturated heterocycles. The highest BCUT2D eigenvalue weighted by molar-refractivity contribution is 6.36. The van der Waals surface area contributed by atoms with E-state index in [1.807, 2.05) is 40.4 Å². The van der Waals surface area contributed by atoms with E-state index in [1.54, 1.807) is 37.5 Å². The molecule has 0 N–H and O–H groups in total. The minimum Gasteiger partial charge on any atom is -0.488 e. The maximum atomic E-state index is 15.0. The number of carbonyl (C=O) groups is 3. The number of carbonyl (C=O) groups excluding carboxylic acids is 3. The number of aromatic nitrogens is 6. The number of hydrogen-bond donors (Lipinski definition) is 0. The van der Waals surface area contributed by atoms with Crippen molar-refractivity contribution in [1.29, 1.82) is 0 Å². The Morgan fingerprint density at radius 1 is 0.450 bits per heavy atom.